The first-order valence-corrected chi connectivity index (χ1v) is 7.41. The standard InChI is InChI=1S/C17H19NO4/c1-10-6-13-8-16(22-15(13)7-11(10)2)17(20)21-14-4-5-18(9-14)12(3)19/h6-8,14H,4-5,9H2,1-3H3/t14-/m0/s1. The Labute approximate surface area is 128 Å². The zero-order valence-corrected chi connectivity index (χ0v) is 13.0. The third kappa shape index (κ3) is 2.71. The van der Waals surface area contributed by atoms with Gasteiger partial charge in [-0.1, -0.05) is 0 Å². The average Bonchev–Trinajstić information content (AvgIpc) is 3.06. The van der Waals surface area contributed by atoms with Gasteiger partial charge in [-0.2, -0.15) is 0 Å². The van der Waals surface area contributed by atoms with Crippen LogP contribution in [0, 0.1) is 13.8 Å². The molecule has 2 aromatic rings. The summed E-state index contributed by atoms with van der Waals surface area (Å²) < 4.78 is 11.0. The molecule has 1 aromatic carbocycles. The Balaban J connectivity index is 1.74. The Morgan fingerprint density at radius 2 is 1.95 bits per heavy atom. The van der Waals surface area contributed by atoms with Crippen LogP contribution in [0.4, 0.5) is 0 Å². The molecule has 1 fully saturated rings. The van der Waals surface area contributed by atoms with Crippen molar-refractivity contribution in [3.63, 3.8) is 0 Å². The van der Waals surface area contributed by atoms with Gasteiger partial charge in [0.25, 0.3) is 0 Å². The molecule has 3 rings (SSSR count). The molecule has 1 aliphatic heterocycles. The average molecular weight is 301 g/mol. The van der Waals surface area contributed by atoms with Crippen molar-refractivity contribution >= 4 is 22.8 Å². The van der Waals surface area contributed by atoms with Crippen molar-refractivity contribution in [1.82, 2.24) is 4.90 Å². The second-order valence-corrected chi connectivity index (χ2v) is 5.87. The van der Waals surface area contributed by atoms with E-state index < -0.39 is 5.97 Å². The molecular formula is C17H19NO4. The zero-order valence-electron chi connectivity index (χ0n) is 13.0. The molecule has 1 aromatic heterocycles. The number of hydrogen-bond acceptors (Lipinski definition) is 4. The zero-order chi connectivity index (χ0) is 15.9. The summed E-state index contributed by atoms with van der Waals surface area (Å²) in [6.45, 7) is 6.64. The van der Waals surface area contributed by atoms with Crippen LogP contribution in [0.2, 0.25) is 0 Å². The number of carbonyl (C=O) groups is 2. The number of carbonyl (C=O) groups excluding carboxylic acids is 2. The van der Waals surface area contributed by atoms with Gasteiger partial charge in [0.1, 0.15) is 11.7 Å². The monoisotopic (exact) mass is 301 g/mol. The molecule has 0 aliphatic carbocycles. The van der Waals surface area contributed by atoms with E-state index in [-0.39, 0.29) is 17.8 Å². The van der Waals surface area contributed by atoms with E-state index in [4.69, 9.17) is 9.15 Å². The highest BCUT2D eigenvalue weighted by atomic mass is 16.6. The smallest absolute Gasteiger partial charge is 0.374 e. The SMILES string of the molecule is CC(=O)N1CC[C@H](OC(=O)c2cc3cc(C)c(C)cc3o2)C1. The quantitative estimate of drug-likeness (QED) is 0.800. The van der Waals surface area contributed by atoms with E-state index in [1.807, 2.05) is 26.0 Å². The van der Waals surface area contributed by atoms with Crippen molar-refractivity contribution in [2.24, 2.45) is 0 Å². The van der Waals surface area contributed by atoms with Gasteiger partial charge in [0.05, 0.1) is 6.54 Å². The maximum absolute atomic E-state index is 12.2. The minimum absolute atomic E-state index is 0.00763. The molecule has 0 radical (unpaired) electrons. The summed E-state index contributed by atoms with van der Waals surface area (Å²) in [5, 5.41) is 0.895. The molecule has 0 spiro atoms. The number of aryl methyl sites for hydroxylation is 2. The van der Waals surface area contributed by atoms with E-state index >= 15 is 0 Å². The largest absolute Gasteiger partial charge is 0.455 e. The van der Waals surface area contributed by atoms with Gasteiger partial charge in [-0.3, -0.25) is 4.79 Å². The van der Waals surface area contributed by atoms with Gasteiger partial charge in [-0.25, -0.2) is 4.79 Å². The number of furan rings is 1. The first kappa shape index (κ1) is 14.6. The van der Waals surface area contributed by atoms with E-state index in [1.54, 1.807) is 11.0 Å². The van der Waals surface area contributed by atoms with Gasteiger partial charge < -0.3 is 14.1 Å². The van der Waals surface area contributed by atoms with E-state index in [2.05, 4.69) is 0 Å². The molecule has 5 heteroatoms. The van der Waals surface area contributed by atoms with Crippen LogP contribution in [0.3, 0.4) is 0 Å². The molecule has 1 aliphatic rings. The van der Waals surface area contributed by atoms with Crippen molar-refractivity contribution in [2.75, 3.05) is 13.1 Å². The van der Waals surface area contributed by atoms with Crippen LogP contribution in [0.25, 0.3) is 11.0 Å². The molecular weight excluding hydrogens is 282 g/mol. The lowest BCUT2D eigenvalue weighted by Gasteiger charge is -2.13. The number of nitrogens with zero attached hydrogens (tertiary/aromatic N) is 1. The Hall–Kier alpha value is -2.30. The third-order valence-electron chi connectivity index (χ3n) is 4.20. The molecule has 0 saturated carbocycles. The van der Waals surface area contributed by atoms with Crippen LogP contribution in [0.1, 0.15) is 35.0 Å². The second kappa shape index (κ2) is 5.48. The fourth-order valence-corrected chi connectivity index (χ4v) is 2.72. The van der Waals surface area contributed by atoms with Crippen LogP contribution >= 0.6 is 0 Å². The molecule has 116 valence electrons. The Bertz CT molecular complexity index is 707. The van der Waals surface area contributed by atoms with E-state index in [1.165, 1.54) is 6.92 Å². The van der Waals surface area contributed by atoms with Gasteiger partial charge in [0.2, 0.25) is 11.7 Å². The molecule has 0 unspecified atom stereocenters. The highest BCUT2D eigenvalue weighted by Crippen LogP contribution is 2.24. The lowest BCUT2D eigenvalue weighted by Crippen LogP contribution is -2.28. The van der Waals surface area contributed by atoms with Crippen molar-refractivity contribution in [1.29, 1.82) is 0 Å². The summed E-state index contributed by atoms with van der Waals surface area (Å²) in [5.74, 6) is -0.253. The minimum Gasteiger partial charge on any atom is -0.455 e. The molecule has 0 bridgehead atoms. The maximum Gasteiger partial charge on any atom is 0.374 e. The number of ether oxygens (including phenoxy) is 1. The van der Waals surface area contributed by atoms with Crippen molar-refractivity contribution in [3.8, 4) is 0 Å². The topological polar surface area (TPSA) is 59.8 Å². The van der Waals surface area contributed by atoms with Crippen LogP contribution in [0.15, 0.2) is 22.6 Å². The maximum atomic E-state index is 12.2. The fraction of sp³-hybridized carbons (Fsp3) is 0.412. The predicted octanol–water partition coefficient (Wildman–Crippen LogP) is 2.83. The van der Waals surface area contributed by atoms with Crippen LogP contribution in [-0.4, -0.2) is 36.0 Å². The van der Waals surface area contributed by atoms with E-state index in [9.17, 15) is 9.59 Å². The fourth-order valence-electron chi connectivity index (χ4n) is 2.72. The first-order chi connectivity index (χ1) is 10.4. The highest BCUT2D eigenvalue weighted by molar-refractivity contribution is 5.93. The molecule has 22 heavy (non-hydrogen) atoms. The number of benzene rings is 1. The molecule has 0 N–H and O–H groups in total. The van der Waals surface area contributed by atoms with Gasteiger partial charge in [-0.05, 0) is 43.2 Å². The normalized spacial score (nSPS) is 18.0. The van der Waals surface area contributed by atoms with Crippen molar-refractivity contribution < 1.29 is 18.7 Å². The molecule has 1 saturated heterocycles. The number of amides is 1. The lowest BCUT2D eigenvalue weighted by molar-refractivity contribution is -0.128. The lowest BCUT2D eigenvalue weighted by atomic mass is 10.1. The number of esters is 1. The van der Waals surface area contributed by atoms with Gasteiger partial charge in [0.15, 0.2) is 0 Å². The number of fused-ring (bicyclic) bond motifs is 1. The van der Waals surface area contributed by atoms with Crippen LogP contribution < -0.4 is 0 Å². The summed E-state index contributed by atoms with van der Waals surface area (Å²) in [6, 6.07) is 5.63. The molecule has 2 heterocycles. The second-order valence-electron chi connectivity index (χ2n) is 5.87. The summed E-state index contributed by atoms with van der Waals surface area (Å²) >= 11 is 0. The first-order valence-electron chi connectivity index (χ1n) is 7.41. The summed E-state index contributed by atoms with van der Waals surface area (Å²) in [7, 11) is 0. The highest BCUT2D eigenvalue weighted by Gasteiger charge is 2.28. The molecule has 1 amide bonds. The predicted molar refractivity (Wildman–Crippen MR) is 81.8 cm³/mol. The minimum atomic E-state index is -0.470. The summed E-state index contributed by atoms with van der Waals surface area (Å²) in [6.07, 6.45) is 0.414. The molecule has 5 nitrogen and oxygen atoms in total. The summed E-state index contributed by atoms with van der Waals surface area (Å²) in [4.78, 5) is 25.2. The van der Waals surface area contributed by atoms with Gasteiger partial charge in [0, 0.05) is 25.3 Å². The van der Waals surface area contributed by atoms with Crippen LogP contribution in [-0.2, 0) is 9.53 Å². The Morgan fingerprint density at radius 1 is 1.23 bits per heavy atom. The Morgan fingerprint density at radius 3 is 2.64 bits per heavy atom. The Kier molecular flexibility index (Phi) is 3.64. The van der Waals surface area contributed by atoms with Crippen molar-refractivity contribution in [2.45, 2.75) is 33.3 Å². The molecule has 1 atom stereocenters. The van der Waals surface area contributed by atoms with Crippen molar-refractivity contribution in [3.05, 3.63) is 35.1 Å². The number of hydrogen-bond donors (Lipinski definition) is 0. The third-order valence-corrected chi connectivity index (χ3v) is 4.20. The van der Waals surface area contributed by atoms with Crippen LogP contribution in [0.5, 0.6) is 0 Å². The summed E-state index contributed by atoms with van der Waals surface area (Å²) in [5.41, 5.74) is 2.96. The van der Waals surface area contributed by atoms with Gasteiger partial charge >= 0.3 is 5.97 Å². The van der Waals surface area contributed by atoms with E-state index in [0.717, 1.165) is 16.5 Å². The number of likely N-dealkylation sites (tertiary alicyclic amines) is 1. The van der Waals surface area contributed by atoms with Gasteiger partial charge in [-0.15, -0.1) is 0 Å². The number of rotatable bonds is 2. The van der Waals surface area contributed by atoms with E-state index in [0.29, 0.717) is 25.1 Å².